The van der Waals surface area contributed by atoms with Crippen molar-refractivity contribution in [2.24, 2.45) is 11.7 Å². The predicted molar refractivity (Wildman–Crippen MR) is 85.9 cm³/mol. The molecule has 0 bridgehead atoms. The van der Waals surface area contributed by atoms with Gasteiger partial charge in [0.1, 0.15) is 17.1 Å². The molecule has 0 saturated heterocycles. The van der Waals surface area contributed by atoms with E-state index >= 15 is 0 Å². The zero-order valence-corrected chi connectivity index (χ0v) is 13.6. The van der Waals surface area contributed by atoms with Gasteiger partial charge in [-0.25, -0.2) is 0 Å². The largest absolute Gasteiger partial charge is 0.515 e. The highest BCUT2D eigenvalue weighted by Gasteiger charge is 2.46. The molecule has 0 aromatic rings. The van der Waals surface area contributed by atoms with Gasteiger partial charge in [-0.2, -0.15) is 0 Å². The number of amides is 1. The van der Waals surface area contributed by atoms with Crippen molar-refractivity contribution in [2.45, 2.75) is 26.4 Å². The second-order valence-electron chi connectivity index (χ2n) is 5.27. The fraction of sp³-hybridized carbons (Fsp3) is 0.312. The number of carbonyl (C=O) groups is 3. The van der Waals surface area contributed by atoms with E-state index in [0.717, 1.165) is 6.08 Å². The summed E-state index contributed by atoms with van der Waals surface area (Å²) in [7, 11) is 0. The van der Waals surface area contributed by atoms with Gasteiger partial charge in [-0.05, 0) is 18.9 Å². The van der Waals surface area contributed by atoms with Gasteiger partial charge in [0.15, 0.2) is 11.4 Å². The molecule has 0 rings (SSSR count). The lowest BCUT2D eigenvalue weighted by Crippen LogP contribution is -2.48. The molecular formula is C16H21NO7. The minimum absolute atomic E-state index is 0.113. The summed E-state index contributed by atoms with van der Waals surface area (Å²) < 4.78 is 0. The first-order valence-electron chi connectivity index (χ1n) is 6.84. The van der Waals surface area contributed by atoms with Crippen LogP contribution < -0.4 is 5.73 Å². The minimum Gasteiger partial charge on any atom is -0.515 e. The highest BCUT2D eigenvalue weighted by atomic mass is 16.3. The molecule has 0 aliphatic heterocycles. The molecule has 8 nitrogen and oxygen atoms in total. The Morgan fingerprint density at radius 3 is 2.04 bits per heavy atom. The number of carbonyl (C=O) groups excluding carboxylic acids is 3. The van der Waals surface area contributed by atoms with Gasteiger partial charge in [0.2, 0.25) is 5.78 Å². The van der Waals surface area contributed by atoms with Crippen molar-refractivity contribution in [1.29, 1.82) is 0 Å². The van der Waals surface area contributed by atoms with Crippen LogP contribution in [0.1, 0.15) is 20.8 Å². The molecule has 0 radical (unpaired) electrons. The number of allylic oxidation sites excluding steroid dienone is 3. The summed E-state index contributed by atoms with van der Waals surface area (Å²) in [6.45, 7) is 7.19. The lowest BCUT2D eigenvalue weighted by molar-refractivity contribution is -0.138. The Bertz CT molecular complexity index is 655. The molecule has 0 spiro atoms. The summed E-state index contributed by atoms with van der Waals surface area (Å²) in [4.78, 5) is 35.4. The van der Waals surface area contributed by atoms with Crippen molar-refractivity contribution < 1.29 is 34.8 Å². The number of hydrogen-bond donors (Lipinski definition) is 5. The number of nitrogens with two attached hydrogens (primary N) is 1. The average Bonchev–Trinajstić information content (AvgIpc) is 2.51. The SMILES string of the molecule is C=C/C(O)=C(\C)C(=O)/C=C(\O)C(O)(C(=O)/C(=C/O)C(N)=O)C(C)C. The highest BCUT2D eigenvalue weighted by Crippen LogP contribution is 2.29. The Hall–Kier alpha value is -2.87. The lowest BCUT2D eigenvalue weighted by atomic mass is 9.80. The fourth-order valence-electron chi connectivity index (χ4n) is 1.74. The standard InChI is InChI=1S/C16H21NO7/c1-5-11(19)9(4)12(20)6-13(21)16(24,8(2)3)14(22)10(7-18)15(17)23/h5-8,18-19,21,24H,1H2,2-4H3,(H2,17,23)/b10-7-,11-9-,13-6-. The van der Waals surface area contributed by atoms with Crippen LogP contribution in [0.15, 0.2) is 47.7 Å². The summed E-state index contributed by atoms with van der Waals surface area (Å²) in [6, 6.07) is 0. The Labute approximate surface area is 138 Å². The van der Waals surface area contributed by atoms with Crippen molar-refractivity contribution in [2.75, 3.05) is 0 Å². The van der Waals surface area contributed by atoms with E-state index in [9.17, 15) is 29.7 Å². The van der Waals surface area contributed by atoms with Gasteiger partial charge >= 0.3 is 0 Å². The normalized spacial score (nSPS) is 16.2. The Morgan fingerprint density at radius 1 is 1.21 bits per heavy atom. The summed E-state index contributed by atoms with van der Waals surface area (Å²) in [5.74, 6) is -6.09. The molecule has 8 heteroatoms. The van der Waals surface area contributed by atoms with Gasteiger partial charge in [0.05, 0.1) is 6.26 Å². The van der Waals surface area contributed by atoms with Crippen LogP contribution in [0.25, 0.3) is 0 Å². The topological polar surface area (TPSA) is 158 Å². The molecule has 6 N–H and O–H groups in total. The first kappa shape index (κ1) is 21.1. The van der Waals surface area contributed by atoms with Crippen molar-refractivity contribution in [3.8, 4) is 0 Å². The number of ketones is 2. The van der Waals surface area contributed by atoms with Crippen LogP contribution in [-0.2, 0) is 14.4 Å². The summed E-state index contributed by atoms with van der Waals surface area (Å²) >= 11 is 0. The fourth-order valence-corrected chi connectivity index (χ4v) is 1.74. The van der Waals surface area contributed by atoms with Gasteiger partial charge in [-0.15, -0.1) is 0 Å². The molecular weight excluding hydrogens is 318 g/mol. The van der Waals surface area contributed by atoms with Crippen LogP contribution in [0.3, 0.4) is 0 Å². The molecule has 0 heterocycles. The molecule has 0 saturated carbocycles. The highest BCUT2D eigenvalue weighted by molar-refractivity contribution is 6.22. The third kappa shape index (κ3) is 4.11. The van der Waals surface area contributed by atoms with Crippen molar-refractivity contribution in [3.63, 3.8) is 0 Å². The first-order valence-corrected chi connectivity index (χ1v) is 6.84. The predicted octanol–water partition coefficient (Wildman–Crippen LogP) is 0.899. The van der Waals surface area contributed by atoms with E-state index in [1.165, 1.54) is 20.8 Å². The number of Topliss-reactive ketones (excluding diaryl/α,β-unsaturated/α-hetero) is 1. The molecule has 0 fully saturated rings. The van der Waals surface area contributed by atoms with Crippen LogP contribution in [-0.4, -0.2) is 43.5 Å². The smallest absolute Gasteiger partial charge is 0.255 e. The summed E-state index contributed by atoms with van der Waals surface area (Å²) in [5, 5.41) is 39.0. The van der Waals surface area contributed by atoms with E-state index in [4.69, 9.17) is 10.8 Å². The van der Waals surface area contributed by atoms with Crippen LogP contribution >= 0.6 is 0 Å². The van der Waals surface area contributed by atoms with E-state index < -0.39 is 46.1 Å². The molecule has 1 atom stereocenters. The maximum atomic E-state index is 12.3. The zero-order valence-electron chi connectivity index (χ0n) is 13.6. The van der Waals surface area contributed by atoms with E-state index in [1.54, 1.807) is 0 Å². The van der Waals surface area contributed by atoms with Crippen molar-refractivity contribution >= 4 is 17.5 Å². The van der Waals surface area contributed by atoms with Gasteiger partial charge < -0.3 is 26.2 Å². The first-order chi connectivity index (χ1) is 10.9. The maximum Gasteiger partial charge on any atom is 0.255 e. The molecule has 0 aromatic heterocycles. The quantitative estimate of drug-likeness (QED) is 0.144. The molecule has 0 aromatic carbocycles. The minimum atomic E-state index is -2.68. The van der Waals surface area contributed by atoms with Gasteiger partial charge in [-0.1, -0.05) is 20.4 Å². The van der Waals surface area contributed by atoms with Crippen LogP contribution in [0.5, 0.6) is 0 Å². The second kappa shape index (κ2) is 8.11. The van der Waals surface area contributed by atoms with Crippen molar-refractivity contribution in [1.82, 2.24) is 0 Å². The summed E-state index contributed by atoms with van der Waals surface area (Å²) in [5.41, 5.74) is 1.12. The van der Waals surface area contributed by atoms with Crippen LogP contribution in [0.2, 0.25) is 0 Å². The number of aliphatic hydroxyl groups is 4. The van der Waals surface area contributed by atoms with Crippen LogP contribution in [0, 0.1) is 5.92 Å². The number of primary amides is 1. The van der Waals surface area contributed by atoms with E-state index in [2.05, 4.69) is 6.58 Å². The van der Waals surface area contributed by atoms with Gasteiger partial charge in [0.25, 0.3) is 5.91 Å². The number of rotatable bonds is 8. The van der Waals surface area contributed by atoms with E-state index in [0.29, 0.717) is 6.08 Å². The molecule has 1 amide bonds. The van der Waals surface area contributed by atoms with E-state index in [-0.39, 0.29) is 11.8 Å². The average molecular weight is 339 g/mol. The monoisotopic (exact) mass is 339 g/mol. The molecule has 132 valence electrons. The second-order valence-corrected chi connectivity index (χ2v) is 5.27. The zero-order chi connectivity index (χ0) is 19.2. The lowest BCUT2D eigenvalue weighted by Gasteiger charge is -2.30. The molecule has 0 aliphatic carbocycles. The molecule has 0 aliphatic rings. The third-order valence-corrected chi connectivity index (χ3v) is 3.43. The summed E-state index contributed by atoms with van der Waals surface area (Å²) in [6.07, 6.45) is 1.64. The third-order valence-electron chi connectivity index (χ3n) is 3.43. The number of aliphatic hydroxyl groups excluding tert-OH is 3. The van der Waals surface area contributed by atoms with Gasteiger partial charge in [-0.3, -0.25) is 14.4 Å². The number of hydrogen-bond acceptors (Lipinski definition) is 7. The maximum absolute atomic E-state index is 12.3. The molecule has 24 heavy (non-hydrogen) atoms. The molecule has 1 unspecified atom stereocenters. The Kier molecular flexibility index (Phi) is 7.14. The van der Waals surface area contributed by atoms with Crippen molar-refractivity contribution in [3.05, 3.63) is 47.7 Å². The van der Waals surface area contributed by atoms with Crippen LogP contribution in [0.4, 0.5) is 0 Å². The van der Waals surface area contributed by atoms with E-state index in [1.807, 2.05) is 0 Å². The Morgan fingerprint density at radius 2 is 1.71 bits per heavy atom. The Balaban J connectivity index is 6.13. The van der Waals surface area contributed by atoms with Gasteiger partial charge in [0, 0.05) is 11.6 Å².